The number of halogens is 1. The van der Waals surface area contributed by atoms with Gasteiger partial charge in [-0.3, -0.25) is 14.4 Å². The van der Waals surface area contributed by atoms with Gasteiger partial charge < -0.3 is 19.2 Å². The van der Waals surface area contributed by atoms with Crippen LogP contribution in [0.2, 0.25) is 5.02 Å². The summed E-state index contributed by atoms with van der Waals surface area (Å²) in [5.74, 6) is -1.59. The SMILES string of the molecule is COC(=O)CNC(=O)c1cc(=O)c(OCc2ccc(Cl)cc2)co1. The van der Waals surface area contributed by atoms with Crippen molar-refractivity contribution in [2.75, 3.05) is 13.7 Å². The molecule has 0 spiro atoms. The first-order valence-electron chi connectivity index (χ1n) is 6.84. The maximum absolute atomic E-state index is 11.9. The number of nitrogens with one attached hydrogen (secondary N) is 1. The lowest BCUT2D eigenvalue weighted by Crippen LogP contribution is -2.30. The van der Waals surface area contributed by atoms with Crippen molar-refractivity contribution in [2.24, 2.45) is 0 Å². The summed E-state index contributed by atoms with van der Waals surface area (Å²) in [6.45, 7) is -0.177. The topological polar surface area (TPSA) is 94.8 Å². The normalized spacial score (nSPS) is 10.1. The molecule has 1 amide bonds. The molecule has 0 aliphatic rings. The molecule has 1 aromatic heterocycles. The average molecular weight is 352 g/mol. The van der Waals surface area contributed by atoms with Gasteiger partial charge in [0.05, 0.1) is 7.11 Å². The minimum Gasteiger partial charge on any atom is -0.482 e. The molecule has 0 aliphatic carbocycles. The van der Waals surface area contributed by atoms with E-state index < -0.39 is 17.3 Å². The van der Waals surface area contributed by atoms with Crippen LogP contribution < -0.4 is 15.5 Å². The van der Waals surface area contributed by atoms with Gasteiger partial charge in [-0.05, 0) is 17.7 Å². The summed E-state index contributed by atoms with van der Waals surface area (Å²) in [5.41, 5.74) is 0.303. The maximum atomic E-state index is 11.9. The highest BCUT2D eigenvalue weighted by molar-refractivity contribution is 6.30. The second kappa shape index (κ2) is 8.16. The van der Waals surface area contributed by atoms with Crippen molar-refractivity contribution >= 4 is 23.5 Å². The smallest absolute Gasteiger partial charge is 0.325 e. The zero-order chi connectivity index (χ0) is 17.5. The third-order valence-electron chi connectivity index (χ3n) is 2.95. The number of benzene rings is 1. The summed E-state index contributed by atoms with van der Waals surface area (Å²) < 4.78 is 14.8. The summed E-state index contributed by atoms with van der Waals surface area (Å²) >= 11 is 5.78. The summed E-state index contributed by atoms with van der Waals surface area (Å²) in [6, 6.07) is 7.93. The van der Waals surface area contributed by atoms with Crippen molar-refractivity contribution in [3.8, 4) is 5.75 Å². The first kappa shape index (κ1) is 17.6. The molecule has 2 rings (SSSR count). The maximum Gasteiger partial charge on any atom is 0.325 e. The van der Waals surface area contributed by atoms with Crippen molar-refractivity contribution in [3.63, 3.8) is 0 Å². The Morgan fingerprint density at radius 1 is 1.25 bits per heavy atom. The van der Waals surface area contributed by atoms with Crippen LogP contribution in [0.15, 0.2) is 45.8 Å². The van der Waals surface area contributed by atoms with Crippen molar-refractivity contribution < 1.29 is 23.5 Å². The van der Waals surface area contributed by atoms with Gasteiger partial charge in [-0.25, -0.2) is 0 Å². The predicted molar refractivity (Wildman–Crippen MR) is 85.1 cm³/mol. The molecule has 0 saturated heterocycles. The standard InChI is InChI=1S/C16H14ClNO6/c1-22-15(20)7-18-16(21)13-6-12(19)14(9-24-13)23-8-10-2-4-11(17)5-3-10/h2-6,9H,7-8H2,1H3,(H,18,21). The Bertz CT molecular complexity index is 784. The van der Waals surface area contributed by atoms with E-state index in [9.17, 15) is 14.4 Å². The van der Waals surface area contributed by atoms with E-state index in [1.807, 2.05) is 0 Å². The van der Waals surface area contributed by atoms with Gasteiger partial charge >= 0.3 is 5.97 Å². The second-order valence-corrected chi connectivity index (χ2v) is 5.08. The van der Waals surface area contributed by atoms with Crippen molar-refractivity contribution in [1.82, 2.24) is 5.32 Å². The molecule has 0 unspecified atom stereocenters. The van der Waals surface area contributed by atoms with Crippen molar-refractivity contribution in [3.05, 3.63) is 63.2 Å². The third kappa shape index (κ3) is 4.85. The number of hydrogen-bond donors (Lipinski definition) is 1. The van der Waals surface area contributed by atoms with Gasteiger partial charge in [-0.1, -0.05) is 23.7 Å². The molecule has 0 fully saturated rings. The number of methoxy groups -OCH3 is 1. The Morgan fingerprint density at radius 2 is 1.96 bits per heavy atom. The van der Waals surface area contributed by atoms with E-state index in [2.05, 4.69) is 10.1 Å². The molecule has 1 N–H and O–H groups in total. The zero-order valence-electron chi connectivity index (χ0n) is 12.7. The van der Waals surface area contributed by atoms with E-state index in [4.69, 9.17) is 20.8 Å². The molecule has 0 aliphatic heterocycles. The van der Waals surface area contributed by atoms with Crippen LogP contribution in [0.4, 0.5) is 0 Å². The van der Waals surface area contributed by atoms with Crippen LogP contribution in [0.1, 0.15) is 16.1 Å². The fraction of sp³-hybridized carbons (Fsp3) is 0.188. The summed E-state index contributed by atoms with van der Waals surface area (Å²) in [5, 5.41) is 2.86. The fourth-order valence-electron chi connectivity index (χ4n) is 1.68. The van der Waals surface area contributed by atoms with Crippen LogP contribution >= 0.6 is 11.6 Å². The Balaban J connectivity index is 1.98. The monoisotopic (exact) mass is 351 g/mol. The molecular weight excluding hydrogens is 338 g/mol. The lowest BCUT2D eigenvalue weighted by molar-refractivity contribution is -0.139. The quantitative estimate of drug-likeness (QED) is 0.797. The lowest BCUT2D eigenvalue weighted by Gasteiger charge is -2.06. The molecule has 0 atom stereocenters. The van der Waals surface area contributed by atoms with Gasteiger partial charge in [0.15, 0.2) is 5.76 Å². The Kier molecular flexibility index (Phi) is 5.97. The molecule has 7 nitrogen and oxygen atoms in total. The largest absolute Gasteiger partial charge is 0.482 e. The lowest BCUT2D eigenvalue weighted by atomic mass is 10.2. The highest BCUT2D eigenvalue weighted by atomic mass is 35.5. The molecular formula is C16H14ClNO6. The van der Waals surface area contributed by atoms with E-state index in [-0.39, 0.29) is 24.7 Å². The van der Waals surface area contributed by atoms with Gasteiger partial charge in [0.1, 0.15) is 19.4 Å². The van der Waals surface area contributed by atoms with Crippen LogP contribution in [0.25, 0.3) is 0 Å². The van der Waals surface area contributed by atoms with E-state index in [1.165, 1.54) is 7.11 Å². The number of ether oxygens (including phenoxy) is 2. The molecule has 126 valence electrons. The molecule has 1 heterocycles. The van der Waals surface area contributed by atoms with Crippen LogP contribution in [-0.2, 0) is 16.1 Å². The summed E-state index contributed by atoms with van der Waals surface area (Å²) in [4.78, 5) is 34.6. The zero-order valence-corrected chi connectivity index (χ0v) is 13.5. The number of carbonyl (C=O) groups is 2. The van der Waals surface area contributed by atoms with Crippen molar-refractivity contribution in [1.29, 1.82) is 0 Å². The highest BCUT2D eigenvalue weighted by Crippen LogP contribution is 2.12. The molecule has 8 heteroatoms. The summed E-state index contributed by atoms with van der Waals surface area (Å²) in [7, 11) is 1.20. The first-order valence-corrected chi connectivity index (χ1v) is 7.22. The second-order valence-electron chi connectivity index (χ2n) is 4.65. The molecule has 1 aromatic carbocycles. The van der Waals surface area contributed by atoms with Crippen molar-refractivity contribution in [2.45, 2.75) is 6.61 Å². The number of carbonyl (C=O) groups excluding carboxylic acids is 2. The third-order valence-corrected chi connectivity index (χ3v) is 3.20. The minimum absolute atomic E-state index is 0.0329. The summed E-state index contributed by atoms with van der Waals surface area (Å²) in [6.07, 6.45) is 1.05. The van der Waals surface area contributed by atoms with Gasteiger partial charge in [0, 0.05) is 11.1 Å². The molecule has 2 aromatic rings. The number of esters is 1. The minimum atomic E-state index is -0.707. The van der Waals surface area contributed by atoms with Crippen LogP contribution in [0.5, 0.6) is 5.75 Å². The average Bonchev–Trinajstić information content (AvgIpc) is 2.59. The van der Waals surface area contributed by atoms with E-state index >= 15 is 0 Å². The predicted octanol–water partition coefficient (Wildman–Crippen LogP) is 1.77. The van der Waals surface area contributed by atoms with E-state index in [0.29, 0.717) is 5.02 Å². The van der Waals surface area contributed by atoms with Crippen LogP contribution in [0, 0.1) is 0 Å². The first-order chi connectivity index (χ1) is 11.5. The number of rotatable bonds is 6. The van der Waals surface area contributed by atoms with Gasteiger partial charge in [-0.2, -0.15) is 0 Å². The molecule has 24 heavy (non-hydrogen) atoms. The Morgan fingerprint density at radius 3 is 2.58 bits per heavy atom. The Hall–Kier alpha value is -2.80. The molecule has 0 bridgehead atoms. The Labute approximate surface area is 142 Å². The number of hydrogen-bond acceptors (Lipinski definition) is 6. The van der Waals surface area contributed by atoms with E-state index in [0.717, 1.165) is 17.9 Å². The van der Waals surface area contributed by atoms with Crippen LogP contribution in [-0.4, -0.2) is 25.5 Å². The fourth-order valence-corrected chi connectivity index (χ4v) is 1.80. The van der Waals surface area contributed by atoms with Gasteiger partial charge in [0.25, 0.3) is 5.91 Å². The van der Waals surface area contributed by atoms with E-state index in [1.54, 1.807) is 24.3 Å². The van der Waals surface area contributed by atoms with Gasteiger partial charge in [0.2, 0.25) is 11.2 Å². The molecule has 0 radical (unpaired) electrons. The van der Waals surface area contributed by atoms with Gasteiger partial charge in [-0.15, -0.1) is 0 Å². The number of amides is 1. The van der Waals surface area contributed by atoms with Crippen LogP contribution in [0.3, 0.4) is 0 Å². The molecule has 0 saturated carbocycles. The highest BCUT2D eigenvalue weighted by Gasteiger charge is 2.13.